The second-order valence-corrected chi connectivity index (χ2v) is 6.66. The van der Waals surface area contributed by atoms with Crippen LogP contribution >= 0.6 is 0 Å². The molecule has 4 rings (SSSR count). The molecular weight excluding hydrogens is 318 g/mol. The van der Waals surface area contributed by atoms with E-state index in [2.05, 4.69) is 31.2 Å². The van der Waals surface area contributed by atoms with Crippen LogP contribution in [0, 0.1) is 0 Å². The lowest BCUT2D eigenvalue weighted by Crippen LogP contribution is -2.48. The molecule has 0 unspecified atom stereocenters. The van der Waals surface area contributed by atoms with E-state index in [1.807, 2.05) is 0 Å². The van der Waals surface area contributed by atoms with Crippen molar-refractivity contribution in [3.63, 3.8) is 0 Å². The van der Waals surface area contributed by atoms with Crippen LogP contribution in [-0.2, 0) is 0 Å². The molecule has 1 N–H and O–H groups in total. The summed E-state index contributed by atoms with van der Waals surface area (Å²) < 4.78 is 5.17. The molecule has 2 aliphatic rings. The molecule has 0 aliphatic carbocycles. The van der Waals surface area contributed by atoms with Gasteiger partial charge in [0.1, 0.15) is 18.0 Å². The largest absolute Gasteiger partial charge is 0.459 e. The van der Waals surface area contributed by atoms with Gasteiger partial charge in [0.15, 0.2) is 5.76 Å². The molecule has 2 aromatic rings. The summed E-state index contributed by atoms with van der Waals surface area (Å²) in [5.41, 5.74) is 0. The Morgan fingerprint density at radius 3 is 2.64 bits per heavy atom. The van der Waals surface area contributed by atoms with Crippen molar-refractivity contribution in [2.45, 2.75) is 31.7 Å². The zero-order chi connectivity index (χ0) is 17.1. The minimum Gasteiger partial charge on any atom is -0.459 e. The van der Waals surface area contributed by atoms with Crippen LogP contribution in [0.1, 0.15) is 36.2 Å². The number of nitrogens with one attached hydrogen (secondary N) is 1. The molecule has 7 heteroatoms. The summed E-state index contributed by atoms with van der Waals surface area (Å²) in [7, 11) is 0. The normalized spacial score (nSPS) is 20.7. The predicted octanol–water partition coefficient (Wildman–Crippen LogP) is 2.07. The Bertz CT molecular complexity index is 712. The summed E-state index contributed by atoms with van der Waals surface area (Å²) in [6.07, 6.45) is 7.60. The summed E-state index contributed by atoms with van der Waals surface area (Å²) in [6.45, 7) is 3.84. The number of piperidine rings is 1. The summed E-state index contributed by atoms with van der Waals surface area (Å²) in [5.74, 6) is 2.14. The number of aromatic nitrogens is 2. The molecule has 2 fully saturated rings. The Kier molecular flexibility index (Phi) is 4.54. The van der Waals surface area contributed by atoms with Crippen molar-refractivity contribution in [3.8, 4) is 0 Å². The highest BCUT2D eigenvalue weighted by Crippen LogP contribution is 2.23. The van der Waals surface area contributed by atoms with E-state index >= 15 is 0 Å². The molecule has 0 aromatic carbocycles. The van der Waals surface area contributed by atoms with Crippen LogP contribution in [0.4, 0.5) is 11.6 Å². The molecule has 2 saturated heterocycles. The molecule has 2 aliphatic heterocycles. The lowest BCUT2D eigenvalue weighted by Gasteiger charge is -2.34. The maximum atomic E-state index is 12.2. The van der Waals surface area contributed by atoms with Gasteiger partial charge in [-0.1, -0.05) is 0 Å². The van der Waals surface area contributed by atoms with Gasteiger partial charge in [0.2, 0.25) is 0 Å². The maximum Gasteiger partial charge on any atom is 0.287 e. The van der Waals surface area contributed by atoms with Crippen molar-refractivity contribution in [1.82, 2.24) is 15.3 Å². The van der Waals surface area contributed by atoms with Crippen molar-refractivity contribution in [2.75, 3.05) is 36.0 Å². The Morgan fingerprint density at radius 2 is 1.88 bits per heavy atom. The van der Waals surface area contributed by atoms with Crippen LogP contribution in [-0.4, -0.2) is 48.1 Å². The zero-order valence-corrected chi connectivity index (χ0v) is 14.2. The molecule has 0 bridgehead atoms. The van der Waals surface area contributed by atoms with E-state index in [0.717, 1.165) is 50.7 Å². The highest BCUT2D eigenvalue weighted by molar-refractivity contribution is 5.91. The average Bonchev–Trinajstić information content (AvgIpc) is 3.36. The number of hydrogen-bond acceptors (Lipinski definition) is 6. The van der Waals surface area contributed by atoms with Gasteiger partial charge < -0.3 is 19.5 Å². The number of rotatable bonds is 4. The second kappa shape index (κ2) is 7.13. The zero-order valence-electron chi connectivity index (χ0n) is 14.2. The number of amides is 1. The Hall–Kier alpha value is -2.57. The molecule has 4 heterocycles. The molecule has 132 valence electrons. The number of anilines is 2. The molecule has 7 nitrogen and oxygen atoms in total. The van der Waals surface area contributed by atoms with Gasteiger partial charge in [0.25, 0.3) is 5.91 Å². The lowest BCUT2D eigenvalue weighted by molar-refractivity contribution is 0.0905. The lowest BCUT2D eigenvalue weighted by atomic mass is 10.1. The highest BCUT2D eigenvalue weighted by atomic mass is 16.3. The summed E-state index contributed by atoms with van der Waals surface area (Å²) in [6, 6.07) is 5.57. The van der Waals surface area contributed by atoms with Gasteiger partial charge in [-0.05, 0) is 37.8 Å². The molecule has 0 radical (unpaired) electrons. The number of carbonyl (C=O) groups is 1. The van der Waals surface area contributed by atoms with E-state index < -0.39 is 0 Å². The third-order valence-corrected chi connectivity index (χ3v) is 4.89. The van der Waals surface area contributed by atoms with Gasteiger partial charge in [-0.15, -0.1) is 0 Å². The van der Waals surface area contributed by atoms with E-state index in [0.29, 0.717) is 5.76 Å². The van der Waals surface area contributed by atoms with E-state index in [1.165, 1.54) is 19.1 Å². The van der Waals surface area contributed by atoms with Gasteiger partial charge >= 0.3 is 0 Å². The molecule has 0 saturated carbocycles. The van der Waals surface area contributed by atoms with Gasteiger partial charge in [-0.2, -0.15) is 0 Å². The maximum absolute atomic E-state index is 12.2. The third kappa shape index (κ3) is 3.60. The molecule has 2 aromatic heterocycles. The van der Waals surface area contributed by atoms with Gasteiger partial charge in [-0.3, -0.25) is 4.79 Å². The smallest absolute Gasteiger partial charge is 0.287 e. The van der Waals surface area contributed by atoms with Crippen molar-refractivity contribution in [2.24, 2.45) is 0 Å². The van der Waals surface area contributed by atoms with Crippen LogP contribution in [0.15, 0.2) is 35.2 Å². The first kappa shape index (κ1) is 15.9. The van der Waals surface area contributed by atoms with Crippen molar-refractivity contribution in [3.05, 3.63) is 36.5 Å². The van der Waals surface area contributed by atoms with Crippen molar-refractivity contribution >= 4 is 17.5 Å². The number of carbonyl (C=O) groups excluding carboxylic acids is 1. The number of furan rings is 1. The highest BCUT2D eigenvalue weighted by Gasteiger charge is 2.24. The fourth-order valence-corrected chi connectivity index (χ4v) is 3.60. The van der Waals surface area contributed by atoms with Crippen LogP contribution in [0.25, 0.3) is 0 Å². The van der Waals surface area contributed by atoms with Gasteiger partial charge in [0.05, 0.1) is 6.26 Å². The van der Waals surface area contributed by atoms with Crippen LogP contribution < -0.4 is 15.1 Å². The second-order valence-electron chi connectivity index (χ2n) is 6.66. The number of nitrogens with zero attached hydrogens (tertiary/aromatic N) is 4. The average molecular weight is 341 g/mol. The Morgan fingerprint density at radius 1 is 1.12 bits per heavy atom. The first-order chi connectivity index (χ1) is 12.3. The SMILES string of the molecule is O=C(N[C@@H]1CCCN(c2cc(N3CCCC3)ncn2)C1)c1ccco1. The molecule has 1 amide bonds. The first-order valence-electron chi connectivity index (χ1n) is 8.96. The predicted molar refractivity (Wildman–Crippen MR) is 94.9 cm³/mol. The van der Waals surface area contributed by atoms with E-state index in [4.69, 9.17) is 4.42 Å². The summed E-state index contributed by atoms with van der Waals surface area (Å²) in [4.78, 5) is 25.6. The fraction of sp³-hybridized carbons (Fsp3) is 0.500. The standard InChI is InChI=1S/C18H23N5O2/c24-18(15-6-4-10-25-15)21-14-5-3-9-23(12-14)17-11-16(19-13-20-17)22-7-1-2-8-22/h4,6,10-11,13-14H,1-3,5,7-9,12H2,(H,21,24)/t14-/m1/s1. The molecule has 0 spiro atoms. The topological polar surface area (TPSA) is 74.5 Å². The third-order valence-electron chi connectivity index (χ3n) is 4.89. The minimum absolute atomic E-state index is 0.0940. The van der Waals surface area contributed by atoms with E-state index in [9.17, 15) is 4.79 Å². The Balaban J connectivity index is 1.42. The minimum atomic E-state index is -0.155. The van der Waals surface area contributed by atoms with Gasteiger partial charge in [-0.25, -0.2) is 9.97 Å². The molecular formula is C18H23N5O2. The van der Waals surface area contributed by atoms with Gasteiger partial charge in [0, 0.05) is 38.3 Å². The molecule has 1 atom stereocenters. The van der Waals surface area contributed by atoms with Crippen LogP contribution in [0.3, 0.4) is 0 Å². The van der Waals surface area contributed by atoms with Crippen LogP contribution in [0.2, 0.25) is 0 Å². The summed E-state index contributed by atoms with van der Waals surface area (Å²) in [5, 5.41) is 3.06. The fourth-order valence-electron chi connectivity index (χ4n) is 3.60. The quantitative estimate of drug-likeness (QED) is 0.918. The van der Waals surface area contributed by atoms with E-state index in [1.54, 1.807) is 18.5 Å². The summed E-state index contributed by atoms with van der Waals surface area (Å²) >= 11 is 0. The monoisotopic (exact) mass is 341 g/mol. The van der Waals surface area contributed by atoms with Crippen molar-refractivity contribution < 1.29 is 9.21 Å². The first-order valence-corrected chi connectivity index (χ1v) is 8.96. The number of hydrogen-bond donors (Lipinski definition) is 1. The van der Waals surface area contributed by atoms with Crippen LogP contribution in [0.5, 0.6) is 0 Å². The van der Waals surface area contributed by atoms with Crippen molar-refractivity contribution in [1.29, 1.82) is 0 Å². The van der Waals surface area contributed by atoms with E-state index in [-0.39, 0.29) is 11.9 Å². The molecule has 25 heavy (non-hydrogen) atoms. The Labute approximate surface area is 147 Å².